The summed E-state index contributed by atoms with van der Waals surface area (Å²) in [5.41, 5.74) is 19.6. The van der Waals surface area contributed by atoms with Gasteiger partial charge in [-0.1, -0.05) is 36.4 Å². The standard InChI is InChI=1S/C48H68N14O11/c1-26(47(72)73)56-45(70)38(24-63)62-44(69)37(21-28-23-55-32-13-5-3-11-30(28)32)60-46(71)39(25-64)61-42(67)35(16-9-19-53-48(50)51)57-41(66)34(14-6-7-17-49)58-43(68)36(59-40(65)33-15-8-18-52-33)20-27-22-54-31-12-4-2-10-29(27)31/h2-5,10-13,22-23,26,33-39,52,54-55,63-64H,6-9,14-21,24-25,49H2,1H3,(H,56,70)(H,57,66)(H,58,68)(H,59,65)(H,60,71)(H,61,67)(H,62,69)(H,72,73)(H4,50,51,53)/t26-,33-,34-,35-,36-,37-,38-,39-/m0/s1. The smallest absolute Gasteiger partial charge is 0.325 e. The SMILES string of the molecule is C[C@H](NC(=O)[C@H](CO)NC(=O)[C@H](Cc1c[nH]c2ccccc12)NC(=O)[C@H](CO)NC(=O)[C@H](CCCN=C(N)N)NC(=O)[C@H](CCCCN)NC(=O)[C@H](Cc1c[nH]c2ccccc12)NC(=O)[C@@H]1CCCN1)C(=O)O. The predicted octanol–water partition coefficient (Wildman–Crippen LogP) is -3.15. The van der Waals surface area contributed by atoms with Gasteiger partial charge in [0, 0.05) is 53.6 Å². The summed E-state index contributed by atoms with van der Waals surface area (Å²) < 4.78 is 0. The van der Waals surface area contributed by atoms with Crippen LogP contribution in [0.15, 0.2) is 65.9 Å². The molecule has 25 heteroatoms. The monoisotopic (exact) mass is 1020 g/mol. The molecule has 0 radical (unpaired) electrons. The van der Waals surface area contributed by atoms with E-state index in [0.29, 0.717) is 42.3 Å². The first-order valence-corrected chi connectivity index (χ1v) is 24.2. The van der Waals surface area contributed by atoms with Gasteiger partial charge in [-0.2, -0.15) is 0 Å². The number of rotatable bonds is 29. The summed E-state index contributed by atoms with van der Waals surface area (Å²) in [7, 11) is 0. The molecule has 1 fully saturated rings. The van der Waals surface area contributed by atoms with E-state index in [1.165, 1.54) is 6.92 Å². The lowest BCUT2D eigenvalue weighted by molar-refractivity contribution is -0.142. The number of aliphatic hydroxyl groups is 2. The van der Waals surface area contributed by atoms with Crippen molar-refractivity contribution in [2.45, 2.75) is 113 Å². The van der Waals surface area contributed by atoms with Crippen molar-refractivity contribution < 1.29 is 53.7 Å². The summed E-state index contributed by atoms with van der Waals surface area (Å²) in [5, 5.41) is 52.2. The highest BCUT2D eigenvalue weighted by atomic mass is 16.4. The fourth-order valence-electron chi connectivity index (χ4n) is 8.30. The second kappa shape index (κ2) is 27.8. The highest BCUT2D eigenvalue weighted by Gasteiger charge is 2.35. The maximum absolute atomic E-state index is 14.3. The number of benzene rings is 2. The molecule has 0 aliphatic carbocycles. The van der Waals surface area contributed by atoms with Crippen LogP contribution in [0, 0.1) is 0 Å². The molecule has 73 heavy (non-hydrogen) atoms. The number of para-hydroxylation sites is 2. The Labute approximate surface area is 420 Å². The zero-order valence-corrected chi connectivity index (χ0v) is 40.6. The molecule has 5 rings (SSSR count). The molecule has 4 aromatic rings. The molecular weight excluding hydrogens is 949 g/mol. The molecule has 2 aromatic carbocycles. The number of H-pyrrole nitrogens is 2. The summed E-state index contributed by atoms with van der Waals surface area (Å²) in [4.78, 5) is 119. The average molecular weight is 1020 g/mol. The molecule has 0 bridgehead atoms. The number of hydrogen-bond acceptors (Lipinski definition) is 13. The second-order valence-corrected chi connectivity index (χ2v) is 17.8. The van der Waals surface area contributed by atoms with Crippen molar-refractivity contribution in [1.82, 2.24) is 52.5 Å². The third-order valence-electron chi connectivity index (χ3n) is 12.4. The van der Waals surface area contributed by atoms with Crippen molar-refractivity contribution in [1.29, 1.82) is 0 Å². The fraction of sp³-hybridized carbons (Fsp3) is 0.479. The number of nitrogens with two attached hydrogens (primary N) is 3. The van der Waals surface area contributed by atoms with Crippen LogP contribution in [0.5, 0.6) is 0 Å². The number of nitrogens with zero attached hydrogens (tertiary/aromatic N) is 1. The number of amides is 7. The zero-order valence-electron chi connectivity index (χ0n) is 40.6. The largest absolute Gasteiger partial charge is 0.480 e. The molecule has 0 unspecified atom stereocenters. The topological polar surface area (TPSA) is 415 Å². The van der Waals surface area contributed by atoms with E-state index in [2.05, 4.69) is 57.5 Å². The lowest BCUT2D eigenvalue weighted by atomic mass is 10.0. The number of hydrogen-bond donors (Lipinski definition) is 16. The van der Waals surface area contributed by atoms with Crippen LogP contribution in [-0.2, 0) is 51.2 Å². The van der Waals surface area contributed by atoms with E-state index in [1.807, 2.05) is 24.3 Å². The number of nitrogens with one attached hydrogen (secondary N) is 10. The Morgan fingerprint density at radius 3 is 1.56 bits per heavy atom. The summed E-state index contributed by atoms with van der Waals surface area (Å²) in [6.07, 6.45) is 5.53. The molecule has 396 valence electrons. The van der Waals surface area contributed by atoms with Crippen LogP contribution >= 0.6 is 0 Å². The molecule has 1 aliphatic heterocycles. The van der Waals surface area contributed by atoms with Crippen LogP contribution in [0.2, 0.25) is 0 Å². The molecule has 1 saturated heterocycles. The van der Waals surface area contributed by atoms with Crippen molar-refractivity contribution in [3.63, 3.8) is 0 Å². The molecule has 19 N–H and O–H groups in total. The Morgan fingerprint density at radius 1 is 0.630 bits per heavy atom. The first-order valence-electron chi connectivity index (χ1n) is 24.2. The number of aliphatic carboxylic acids is 1. The molecular formula is C48H68N14O11. The third kappa shape index (κ3) is 16.5. The van der Waals surface area contributed by atoms with Crippen LogP contribution in [0.25, 0.3) is 21.8 Å². The van der Waals surface area contributed by atoms with Crippen molar-refractivity contribution in [3.05, 3.63) is 72.1 Å². The Bertz CT molecular complexity index is 2570. The fourth-order valence-corrected chi connectivity index (χ4v) is 8.30. The van der Waals surface area contributed by atoms with Crippen molar-refractivity contribution in [2.24, 2.45) is 22.2 Å². The van der Waals surface area contributed by atoms with E-state index in [1.54, 1.807) is 36.7 Å². The van der Waals surface area contributed by atoms with Gasteiger partial charge in [0.2, 0.25) is 41.4 Å². The first kappa shape index (κ1) is 56.3. The molecule has 0 spiro atoms. The number of carbonyl (C=O) groups is 8. The highest BCUT2D eigenvalue weighted by Crippen LogP contribution is 2.21. The van der Waals surface area contributed by atoms with Gasteiger partial charge in [0.25, 0.3) is 0 Å². The minimum absolute atomic E-state index is 0.0281. The van der Waals surface area contributed by atoms with Crippen molar-refractivity contribution in [2.75, 3.05) is 32.8 Å². The molecule has 0 saturated carbocycles. The van der Waals surface area contributed by atoms with Crippen molar-refractivity contribution >= 4 is 75.1 Å². The van der Waals surface area contributed by atoms with E-state index in [-0.39, 0.29) is 57.1 Å². The van der Waals surface area contributed by atoms with E-state index >= 15 is 0 Å². The highest BCUT2D eigenvalue weighted by molar-refractivity contribution is 5.98. The summed E-state index contributed by atoms with van der Waals surface area (Å²) in [5.74, 6) is -7.45. The number of carbonyl (C=O) groups excluding carboxylic acids is 7. The van der Waals surface area contributed by atoms with Gasteiger partial charge < -0.3 is 85.0 Å². The van der Waals surface area contributed by atoms with Gasteiger partial charge in [-0.05, 0) is 88.2 Å². The minimum Gasteiger partial charge on any atom is -0.480 e. The number of carboxylic acids is 1. The number of aromatic nitrogens is 2. The van der Waals surface area contributed by atoms with Gasteiger partial charge >= 0.3 is 5.97 Å². The average Bonchev–Trinajstić information content (AvgIpc) is 4.16. The maximum atomic E-state index is 14.3. The van der Waals surface area contributed by atoms with Crippen LogP contribution in [0.4, 0.5) is 0 Å². The quantitative estimate of drug-likeness (QED) is 0.0145. The zero-order chi connectivity index (χ0) is 53.0. The molecule has 25 nitrogen and oxygen atoms in total. The van der Waals surface area contributed by atoms with Crippen LogP contribution in [0.3, 0.4) is 0 Å². The van der Waals surface area contributed by atoms with Crippen LogP contribution < -0.4 is 59.7 Å². The lowest BCUT2D eigenvalue weighted by Gasteiger charge is -2.27. The Morgan fingerprint density at radius 2 is 1.08 bits per heavy atom. The number of aliphatic hydroxyl groups excluding tert-OH is 2. The van der Waals surface area contributed by atoms with Gasteiger partial charge in [-0.15, -0.1) is 0 Å². The summed E-state index contributed by atoms with van der Waals surface area (Å²) in [6.45, 7) is 0.188. The molecule has 7 amide bonds. The van der Waals surface area contributed by atoms with Gasteiger partial charge in [-0.25, -0.2) is 0 Å². The van der Waals surface area contributed by atoms with Gasteiger partial charge in [0.15, 0.2) is 5.96 Å². The summed E-state index contributed by atoms with van der Waals surface area (Å²) in [6, 6.07) is 3.96. The Balaban J connectivity index is 1.36. The first-order chi connectivity index (χ1) is 35.0. The summed E-state index contributed by atoms with van der Waals surface area (Å²) >= 11 is 0. The number of carboxylic acid groups (broad SMARTS) is 1. The number of fused-ring (bicyclic) bond motifs is 2. The van der Waals surface area contributed by atoms with Gasteiger partial charge in [0.05, 0.1) is 19.3 Å². The van der Waals surface area contributed by atoms with Crippen LogP contribution in [-0.4, -0.2) is 160 Å². The number of aromatic amines is 2. The number of unbranched alkanes of at least 4 members (excludes halogenated alkanes) is 1. The van der Waals surface area contributed by atoms with E-state index in [9.17, 15) is 53.7 Å². The van der Waals surface area contributed by atoms with Gasteiger partial charge in [-0.3, -0.25) is 43.3 Å². The lowest BCUT2D eigenvalue weighted by Crippen LogP contribution is -2.61. The molecule has 3 heterocycles. The van der Waals surface area contributed by atoms with Crippen LogP contribution in [0.1, 0.15) is 63.0 Å². The Hall–Kier alpha value is -7.61. The number of aliphatic imine (C=N–C) groups is 1. The van der Waals surface area contributed by atoms with Gasteiger partial charge in [0.1, 0.15) is 42.3 Å². The second-order valence-electron chi connectivity index (χ2n) is 17.8. The normalized spacial score (nSPS) is 16.1. The minimum atomic E-state index is -1.74. The molecule has 1 aliphatic rings. The Kier molecular flexibility index (Phi) is 21.5. The molecule has 2 aromatic heterocycles. The van der Waals surface area contributed by atoms with E-state index in [0.717, 1.165) is 22.9 Å². The third-order valence-corrected chi connectivity index (χ3v) is 12.4. The van der Waals surface area contributed by atoms with Crippen molar-refractivity contribution in [3.8, 4) is 0 Å². The maximum Gasteiger partial charge on any atom is 0.325 e. The predicted molar refractivity (Wildman–Crippen MR) is 269 cm³/mol. The molecule has 8 atom stereocenters. The van der Waals surface area contributed by atoms with E-state index < -0.39 is 103 Å². The number of guanidine groups is 1. The van der Waals surface area contributed by atoms with E-state index in [4.69, 9.17) is 17.2 Å².